The van der Waals surface area contributed by atoms with E-state index in [1.54, 1.807) is 0 Å². The molecule has 10 nitrogen and oxygen atoms in total. The van der Waals surface area contributed by atoms with Gasteiger partial charge in [-0.3, -0.25) is 4.90 Å². The highest BCUT2D eigenvalue weighted by Crippen LogP contribution is 2.40. The van der Waals surface area contributed by atoms with Crippen LogP contribution in [-0.4, -0.2) is 108 Å². The van der Waals surface area contributed by atoms with Crippen molar-refractivity contribution in [2.24, 2.45) is 0 Å². The van der Waals surface area contributed by atoms with E-state index in [-0.39, 0.29) is 30.7 Å². The van der Waals surface area contributed by atoms with Gasteiger partial charge < -0.3 is 33.5 Å². The molecule has 0 bridgehead atoms. The minimum atomic E-state index is -0.358. The molecule has 0 radical (unpaired) electrons. The normalized spacial score (nSPS) is 21.7. The maximum atomic E-state index is 14.2. The number of halogens is 1. The molecule has 3 unspecified atom stereocenters. The predicted molar refractivity (Wildman–Crippen MR) is 223 cm³/mol. The number of nitrogens with zero attached hydrogens (tertiary/aromatic N) is 3. The molecule has 3 fully saturated rings. The number of fused-ring (bicyclic) bond motifs is 1. The minimum Gasteiger partial charge on any atom is -0.465 e. The number of ether oxygens (including phenoxy) is 5. The standard InChI is InChI=1S/C45H58BrN3O7/c1-6-48(35-12-17-53-18-13-35)42-24-33(31-8-10-38-32(22-31)9-11-41(38)47-15-20-54-21-16-47)23-39(29(42)3)45(51)56-28-37-27-36(14-19-55-37)49(7-2)43-26-34(46)25-40(30(43)4)44(50)52-5/h8,10,22-26,35-37,41H,6-7,9,11-21,27-28H2,1-5H3. The highest BCUT2D eigenvalue weighted by molar-refractivity contribution is 9.10. The van der Waals surface area contributed by atoms with Crippen LogP contribution in [0.4, 0.5) is 11.4 Å². The highest BCUT2D eigenvalue weighted by Gasteiger charge is 2.32. The quantitative estimate of drug-likeness (QED) is 0.167. The summed E-state index contributed by atoms with van der Waals surface area (Å²) in [6.45, 7) is 15.7. The first kappa shape index (κ1) is 40.7. The second-order valence-electron chi connectivity index (χ2n) is 15.6. The predicted octanol–water partition coefficient (Wildman–Crippen LogP) is 8.08. The molecule has 3 heterocycles. The summed E-state index contributed by atoms with van der Waals surface area (Å²) in [5.41, 5.74) is 9.99. The number of rotatable bonds is 12. The van der Waals surface area contributed by atoms with Gasteiger partial charge in [-0.05, 0) is 124 Å². The molecule has 7 rings (SSSR count). The number of carbonyl (C=O) groups excluding carboxylic acids is 2. The van der Waals surface area contributed by atoms with E-state index in [0.717, 1.165) is 123 Å². The van der Waals surface area contributed by atoms with Crippen LogP contribution in [0.25, 0.3) is 11.1 Å². The molecular weight excluding hydrogens is 774 g/mol. The number of morpholine rings is 1. The summed E-state index contributed by atoms with van der Waals surface area (Å²) >= 11 is 3.61. The number of esters is 2. The van der Waals surface area contributed by atoms with Crippen LogP contribution in [-0.2, 0) is 30.1 Å². The second-order valence-corrected chi connectivity index (χ2v) is 16.5. The van der Waals surface area contributed by atoms with Gasteiger partial charge in [0.15, 0.2) is 0 Å². The summed E-state index contributed by atoms with van der Waals surface area (Å²) in [7, 11) is 1.41. The molecule has 0 amide bonds. The number of hydrogen-bond acceptors (Lipinski definition) is 10. The van der Waals surface area contributed by atoms with Gasteiger partial charge in [-0.15, -0.1) is 0 Å². The number of methoxy groups -OCH3 is 1. The Labute approximate surface area is 340 Å². The molecule has 0 N–H and O–H groups in total. The molecule has 302 valence electrons. The smallest absolute Gasteiger partial charge is 0.338 e. The molecule has 3 aliphatic heterocycles. The van der Waals surface area contributed by atoms with E-state index >= 15 is 0 Å². The molecule has 3 atom stereocenters. The van der Waals surface area contributed by atoms with Gasteiger partial charge >= 0.3 is 11.9 Å². The third kappa shape index (κ3) is 8.67. The Morgan fingerprint density at radius 1 is 0.786 bits per heavy atom. The summed E-state index contributed by atoms with van der Waals surface area (Å²) in [5, 5.41) is 0. The Morgan fingerprint density at radius 2 is 1.45 bits per heavy atom. The van der Waals surface area contributed by atoms with Crippen molar-refractivity contribution in [3.05, 3.63) is 80.3 Å². The zero-order valence-electron chi connectivity index (χ0n) is 33.7. The number of hydrogen-bond donors (Lipinski definition) is 0. The van der Waals surface area contributed by atoms with Crippen molar-refractivity contribution in [2.75, 3.05) is 82.7 Å². The molecule has 0 spiro atoms. The Hall–Kier alpha value is -3.48. The van der Waals surface area contributed by atoms with Crippen molar-refractivity contribution in [1.82, 2.24) is 4.90 Å². The summed E-state index contributed by atoms with van der Waals surface area (Å²) in [6.07, 6.45) is 5.35. The third-order valence-electron chi connectivity index (χ3n) is 12.5. The lowest BCUT2D eigenvalue weighted by atomic mass is 9.94. The van der Waals surface area contributed by atoms with Crippen molar-refractivity contribution in [2.45, 2.75) is 90.4 Å². The first-order chi connectivity index (χ1) is 27.2. The van der Waals surface area contributed by atoms with Gasteiger partial charge in [0.1, 0.15) is 6.61 Å². The lowest BCUT2D eigenvalue weighted by Gasteiger charge is -2.39. The van der Waals surface area contributed by atoms with Crippen LogP contribution in [0.5, 0.6) is 0 Å². The molecule has 3 saturated heterocycles. The van der Waals surface area contributed by atoms with Crippen molar-refractivity contribution >= 4 is 39.2 Å². The van der Waals surface area contributed by atoms with Gasteiger partial charge in [0.2, 0.25) is 0 Å². The van der Waals surface area contributed by atoms with Crippen LogP contribution in [0.3, 0.4) is 0 Å². The van der Waals surface area contributed by atoms with E-state index in [9.17, 15) is 9.59 Å². The lowest BCUT2D eigenvalue weighted by molar-refractivity contribution is -0.0359. The fourth-order valence-corrected chi connectivity index (χ4v) is 9.90. The van der Waals surface area contributed by atoms with E-state index in [0.29, 0.717) is 36.2 Å². The molecule has 0 saturated carbocycles. The molecular formula is C45H58BrN3O7. The Bertz CT molecular complexity index is 1870. The zero-order chi connectivity index (χ0) is 39.3. The summed E-state index contributed by atoms with van der Waals surface area (Å²) in [6, 6.07) is 16.0. The Kier molecular flexibility index (Phi) is 13.4. The number of aryl methyl sites for hydroxylation is 1. The van der Waals surface area contributed by atoms with Gasteiger partial charge in [-0.1, -0.05) is 34.1 Å². The first-order valence-corrected chi connectivity index (χ1v) is 21.4. The average Bonchev–Trinajstić information content (AvgIpc) is 3.66. The third-order valence-corrected chi connectivity index (χ3v) is 12.9. The second kappa shape index (κ2) is 18.4. The molecule has 0 aromatic heterocycles. The van der Waals surface area contributed by atoms with Crippen LogP contribution < -0.4 is 9.80 Å². The molecule has 4 aliphatic rings. The lowest BCUT2D eigenvalue weighted by Crippen LogP contribution is -2.44. The van der Waals surface area contributed by atoms with Gasteiger partial charge in [0.05, 0.1) is 37.6 Å². The van der Waals surface area contributed by atoms with Gasteiger partial charge in [-0.25, -0.2) is 9.59 Å². The Balaban J connectivity index is 1.13. The fraction of sp³-hybridized carbons (Fsp3) is 0.556. The van der Waals surface area contributed by atoms with Crippen molar-refractivity contribution in [3.8, 4) is 11.1 Å². The summed E-state index contributed by atoms with van der Waals surface area (Å²) < 4.78 is 29.7. The number of carbonyl (C=O) groups is 2. The Morgan fingerprint density at radius 3 is 2.16 bits per heavy atom. The van der Waals surface area contributed by atoms with Crippen LogP contribution in [0.1, 0.15) is 95.0 Å². The summed E-state index contributed by atoms with van der Waals surface area (Å²) in [5.74, 6) is -0.686. The van der Waals surface area contributed by atoms with Crippen LogP contribution in [0.15, 0.2) is 46.9 Å². The van der Waals surface area contributed by atoms with Crippen molar-refractivity contribution in [1.29, 1.82) is 0 Å². The highest BCUT2D eigenvalue weighted by atomic mass is 79.9. The minimum absolute atomic E-state index is 0.146. The summed E-state index contributed by atoms with van der Waals surface area (Å²) in [4.78, 5) is 34.2. The van der Waals surface area contributed by atoms with Crippen LogP contribution >= 0.6 is 15.9 Å². The van der Waals surface area contributed by atoms with E-state index in [1.165, 1.54) is 18.2 Å². The number of anilines is 2. The maximum Gasteiger partial charge on any atom is 0.338 e. The molecule has 3 aromatic carbocycles. The molecule has 1 aliphatic carbocycles. The first-order valence-electron chi connectivity index (χ1n) is 20.6. The molecule has 3 aromatic rings. The molecule has 56 heavy (non-hydrogen) atoms. The van der Waals surface area contributed by atoms with Gasteiger partial charge in [-0.2, -0.15) is 0 Å². The monoisotopic (exact) mass is 831 g/mol. The van der Waals surface area contributed by atoms with E-state index in [2.05, 4.69) is 81.7 Å². The van der Waals surface area contributed by atoms with Crippen LogP contribution in [0.2, 0.25) is 0 Å². The topological polar surface area (TPSA) is 90.0 Å². The van der Waals surface area contributed by atoms with E-state index in [1.807, 2.05) is 19.1 Å². The van der Waals surface area contributed by atoms with E-state index < -0.39 is 0 Å². The molecule has 11 heteroatoms. The average molecular weight is 833 g/mol. The fourth-order valence-electron chi connectivity index (χ4n) is 9.46. The van der Waals surface area contributed by atoms with E-state index in [4.69, 9.17) is 23.7 Å². The van der Waals surface area contributed by atoms with Crippen molar-refractivity contribution in [3.63, 3.8) is 0 Å². The van der Waals surface area contributed by atoms with Crippen LogP contribution in [0, 0.1) is 13.8 Å². The van der Waals surface area contributed by atoms with Gasteiger partial charge in [0.25, 0.3) is 0 Å². The zero-order valence-corrected chi connectivity index (χ0v) is 35.3. The maximum absolute atomic E-state index is 14.2. The van der Waals surface area contributed by atoms with Gasteiger partial charge in [0, 0.05) is 80.0 Å². The number of benzene rings is 3. The van der Waals surface area contributed by atoms with Crippen molar-refractivity contribution < 1.29 is 33.3 Å². The largest absolute Gasteiger partial charge is 0.465 e. The SMILES string of the molecule is CCN(c1cc(Br)cc(C(=O)OC)c1C)C1CCOC(COC(=O)c2cc(-c3ccc4c(c3)CCC4N3CCOCC3)cc(N(CC)C3CCOCC3)c2C)C1.